The van der Waals surface area contributed by atoms with Crippen LogP contribution in [-0.2, 0) is 9.53 Å². The van der Waals surface area contributed by atoms with Crippen molar-refractivity contribution in [3.8, 4) is 5.75 Å². The van der Waals surface area contributed by atoms with Crippen LogP contribution in [0.3, 0.4) is 0 Å². The van der Waals surface area contributed by atoms with Gasteiger partial charge in [-0.15, -0.1) is 0 Å². The lowest BCUT2D eigenvalue weighted by Crippen LogP contribution is -2.37. The van der Waals surface area contributed by atoms with Gasteiger partial charge >= 0.3 is 5.97 Å². The van der Waals surface area contributed by atoms with Crippen LogP contribution >= 0.6 is 10.6 Å². The van der Waals surface area contributed by atoms with E-state index in [-0.39, 0.29) is 16.9 Å². The minimum Gasteiger partial charge on any atom is -0.464 e. The molecule has 0 aliphatic carbocycles. The van der Waals surface area contributed by atoms with Crippen LogP contribution in [0.5, 0.6) is 5.75 Å². The third kappa shape index (κ3) is 6.57. The van der Waals surface area contributed by atoms with E-state index in [2.05, 4.69) is 23.5 Å². The molecule has 2 aromatic rings. The Hall–Kier alpha value is -2.55. The molecule has 3 rings (SSSR count). The van der Waals surface area contributed by atoms with Gasteiger partial charge in [0, 0.05) is 29.5 Å². The second kappa shape index (κ2) is 11.9. The number of hydrogen-bond acceptors (Lipinski definition) is 6. The molecule has 2 aromatic carbocycles. The fourth-order valence-electron chi connectivity index (χ4n) is 4.66. The number of para-hydroxylation sites is 1. The molecule has 0 amide bonds. The zero-order chi connectivity index (χ0) is 25.5. The lowest BCUT2D eigenvalue weighted by molar-refractivity contribution is -0.137. The topological polar surface area (TPSA) is 79.2 Å². The molecule has 0 bridgehead atoms. The predicted octanol–water partition coefficient (Wildman–Crippen LogP) is 7.68. The Balaban J connectivity index is 2.10. The summed E-state index contributed by atoms with van der Waals surface area (Å²) in [6, 6.07) is 14.9. The van der Waals surface area contributed by atoms with E-state index in [0.717, 1.165) is 51.3 Å². The number of hydrogen-bond donors (Lipinski definition) is 2. The molecule has 0 saturated heterocycles. The van der Waals surface area contributed by atoms with E-state index in [1.54, 1.807) is 12.1 Å². The van der Waals surface area contributed by atoms with Crippen molar-refractivity contribution >= 4 is 27.9 Å². The summed E-state index contributed by atoms with van der Waals surface area (Å²) in [7, 11) is -2.12. The molecule has 0 spiro atoms. The van der Waals surface area contributed by atoms with E-state index in [0.29, 0.717) is 23.4 Å². The minimum absolute atomic E-state index is 0.199. The highest BCUT2D eigenvalue weighted by Crippen LogP contribution is 2.61. The molecule has 0 aromatic heterocycles. The molecule has 1 heterocycles. The molecule has 0 fully saturated rings. The lowest BCUT2D eigenvalue weighted by atomic mass is 9.79. The van der Waals surface area contributed by atoms with Gasteiger partial charge in [0.05, 0.1) is 17.7 Å². The third-order valence-corrected chi connectivity index (χ3v) is 8.49. The number of fused-ring (bicyclic) bond motifs is 1. The third-order valence-electron chi connectivity index (χ3n) is 6.44. The van der Waals surface area contributed by atoms with Crippen molar-refractivity contribution < 1.29 is 27.8 Å². The van der Waals surface area contributed by atoms with Gasteiger partial charge < -0.3 is 14.4 Å². The second-order valence-corrected chi connectivity index (χ2v) is 11.2. The number of nitrogens with zero attached hydrogens (tertiary/aromatic N) is 1. The summed E-state index contributed by atoms with van der Waals surface area (Å²) >= 11 is 0. The molecule has 0 saturated carbocycles. The van der Waals surface area contributed by atoms with Crippen LogP contribution in [-0.4, -0.2) is 34.5 Å². The van der Waals surface area contributed by atoms with Crippen molar-refractivity contribution in [3.63, 3.8) is 0 Å². The van der Waals surface area contributed by atoms with Gasteiger partial charge in [-0.25, -0.2) is 4.79 Å². The highest BCUT2D eigenvalue weighted by molar-refractivity contribution is 8.24. The number of benzene rings is 2. The standard InChI is InChI=1S/C27H36FNO5S/c1-4-6-15-27(16-7-5-2)19-29(21-11-9-8-10-12-21)24-14-13-22(17-25(24)35(31,32)20-27)34-18-23(28)26(30)33-3/h8-14,17-18,31-32H,4-7,15-16,19-20H2,1-3H3/b23-18-. The van der Waals surface area contributed by atoms with Crippen LogP contribution in [0.1, 0.15) is 52.4 Å². The van der Waals surface area contributed by atoms with Gasteiger partial charge in [0.2, 0.25) is 5.83 Å². The Labute approximate surface area is 209 Å². The van der Waals surface area contributed by atoms with E-state index in [1.807, 2.05) is 30.3 Å². The summed E-state index contributed by atoms with van der Waals surface area (Å²) in [5.41, 5.74) is 1.38. The Morgan fingerprint density at radius 1 is 1.11 bits per heavy atom. The van der Waals surface area contributed by atoms with Crippen LogP contribution in [0.15, 0.2) is 65.5 Å². The van der Waals surface area contributed by atoms with Crippen molar-refractivity contribution in [3.05, 3.63) is 60.6 Å². The van der Waals surface area contributed by atoms with Crippen LogP contribution in [0.2, 0.25) is 0 Å². The molecule has 6 nitrogen and oxygen atoms in total. The first kappa shape index (κ1) is 27.0. The van der Waals surface area contributed by atoms with Crippen LogP contribution < -0.4 is 9.64 Å². The van der Waals surface area contributed by atoms with Gasteiger partial charge in [-0.3, -0.25) is 9.11 Å². The van der Waals surface area contributed by atoms with Crippen molar-refractivity contribution in [1.82, 2.24) is 0 Å². The van der Waals surface area contributed by atoms with Crippen molar-refractivity contribution in [2.45, 2.75) is 57.3 Å². The molecule has 1 aliphatic heterocycles. The predicted molar refractivity (Wildman–Crippen MR) is 139 cm³/mol. The fraction of sp³-hybridized carbons (Fsp3) is 0.444. The van der Waals surface area contributed by atoms with E-state index in [9.17, 15) is 18.3 Å². The van der Waals surface area contributed by atoms with Gasteiger partial charge in [0.1, 0.15) is 12.0 Å². The molecule has 2 N–H and O–H groups in total. The fourth-order valence-corrected chi connectivity index (χ4v) is 6.87. The smallest absolute Gasteiger partial charge is 0.370 e. The Kier molecular flexibility index (Phi) is 9.21. The van der Waals surface area contributed by atoms with Crippen molar-refractivity contribution in [2.75, 3.05) is 24.3 Å². The SMILES string of the molecule is CCCCC1(CCCC)CN(c2ccccc2)c2ccc(O/C=C(\F)C(=O)OC)cc2S(O)(O)C1. The maximum atomic E-state index is 13.8. The molecule has 0 atom stereocenters. The summed E-state index contributed by atoms with van der Waals surface area (Å²) in [6.45, 7) is 4.96. The Morgan fingerprint density at radius 2 is 1.77 bits per heavy atom. The van der Waals surface area contributed by atoms with Gasteiger partial charge in [-0.1, -0.05) is 57.7 Å². The summed E-state index contributed by atoms with van der Waals surface area (Å²) in [4.78, 5) is 13.9. The number of rotatable bonds is 10. The first-order valence-corrected chi connectivity index (χ1v) is 13.8. The molecule has 1 aliphatic rings. The first-order chi connectivity index (χ1) is 16.7. The maximum Gasteiger partial charge on any atom is 0.370 e. The lowest BCUT2D eigenvalue weighted by Gasteiger charge is -2.42. The maximum absolute atomic E-state index is 13.8. The monoisotopic (exact) mass is 505 g/mol. The summed E-state index contributed by atoms with van der Waals surface area (Å²) in [6.07, 6.45) is 6.52. The van der Waals surface area contributed by atoms with Gasteiger partial charge in [-0.2, -0.15) is 15.0 Å². The number of ether oxygens (including phenoxy) is 2. The number of carbonyl (C=O) groups excluding carboxylic acids is 1. The summed E-state index contributed by atoms with van der Waals surface area (Å²) in [5.74, 6) is -1.87. The summed E-state index contributed by atoms with van der Waals surface area (Å²) < 4.78 is 46.6. The summed E-state index contributed by atoms with van der Waals surface area (Å²) in [5, 5.41) is 0. The highest BCUT2D eigenvalue weighted by Gasteiger charge is 2.42. The molecular formula is C27H36FNO5S. The van der Waals surface area contributed by atoms with Crippen LogP contribution in [0.25, 0.3) is 0 Å². The zero-order valence-electron chi connectivity index (χ0n) is 20.7. The Bertz CT molecular complexity index is 1020. The number of unbranched alkanes of at least 4 members (excludes halogenated alkanes) is 2. The average Bonchev–Trinajstić information content (AvgIpc) is 2.97. The number of carbonyl (C=O) groups is 1. The first-order valence-electron chi connectivity index (χ1n) is 12.1. The Morgan fingerprint density at radius 3 is 2.37 bits per heavy atom. The number of esters is 1. The minimum atomic E-state index is -3.20. The van der Waals surface area contributed by atoms with E-state index in [1.165, 1.54) is 6.07 Å². The molecular weight excluding hydrogens is 469 g/mol. The zero-order valence-corrected chi connectivity index (χ0v) is 21.5. The van der Waals surface area contributed by atoms with Gasteiger partial charge in [-0.05, 0) is 37.1 Å². The molecule has 0 radical (unpaired) electrons. The van der Waals surface area contributed by atoms with E-state index in [4.69, 9.17) is 4.74 Å². The molecule has 192 valence electrons. The number of halogens is 1. The normalized spacial score (nSPS) is 17.8. The number of methoxy groups -OCH3 is 1. The van der Waals surface area contributed by atoms with Crippen molar-refractivity contribution in [1.29, 1.82) is 0 Å². The van der Waals surface area contributed by atoms with E-state index < -0.39 is 22.4 Å². The molecule has 0 unspecified atom stereocenters. The molecule has 8 heteroatoms. The van der Waals surface area contributed by atoms with Gasteiger partial charge in [0.15, 0.2) is 0 Å². The average molecular weight is 506 g/mol. The molecule has 35 heavy (non-hydrogen) atoms. The highest BCUT2D eigenvalue weighted by atomic mass is 32.3. The second-order valence-electron chi connectivity index (χ2n) is 9.14. The largest absolute Gasteiger partial charge is 0.464 e. The van der Waals surface area contributed by atoms with Crippen molar-refractivity contribution in [2.24, 2.45) is 5.41 Å². The van der Waals surface area contributed by atoms with Gasteiger partial charge in [0.25, 0.3) is 0 Å². The number of anilines is 2. The van der Waals surface area contributed by atoms with Crippen LogP contribution in [0.4, 0.5) is 15.8 Å². The van der Waals surface area contributed by atoms with E-state index >= 15 is 0 Å². The quantitative estimate of drug-likeness (QED) is 0.196. The van der Waals surface area contributed by atoms with Crippen LogP contribution in [0, 0.1) is 5.41 Å².